The summed E-state index contributed by atoms with van der Waals surface area (Å²) in [5, 5.41) is 3.48. The molecule has 0 aliphatic carbocycles. The molecular weight excluding hydrogens is 495 g/mol. The van der Waals surface area contributed by atoms with Gasteiger partial charge in [-0.2, -0.15) is 0 Å². The maximum Gasteiger partial charge on any atom is 0.310 e. The van der Waals surface area contributed by atoms with Crippen molar-refractivity contribution in [3.05, 3.63) is 23.9 Å². The van der Waals surface area contributed by atoms with Crippen molar-refractivity contribution in [2.45, 2.75) is 26.3 Å². The van der Waals surface area contributed by atoms with Crippen LogP contribution in [-0.2, 0) is 16.1 Å². The summed E-state index contributed by atoms with van der Waals surface area (Å²) < 4.78 is 5.22. The highest BCUT2D eigenvalue weighted by atomic mass is 127. The number of pyridine rings is 1. The molecule has 1 unspecified atom stereocenters. The molecule has 2 fully saturated rings. The molecule has 9 heteroatoms. The van der Waals surface area contributed by atoms with Crippen molar-refractivity contribution in [2.75, 3.05) is 64.9 Å². The highest BCUT2D eigenvalue weighted by Crippen LogP contribution is 2.20. The van der Waals surface area contributed by atoms with Gasteiger partial charge < -0.3 is 24.8 Å². The number of hydrogen-bond donors (Lipinski definition) is 1. The zero-order chi connectivity index (χ0) is 20.6. The minimum atomic E-state index is -0.0998. The van der Waals surface area contributed by atoms with Crippen LogP contribution in [0, 0.1) is 5.92 Å². The topological polar surface area (TPSA) is 73.3 Å². The third kappa shape index (κ3) is 6.44. The summed E-state index contributed by atoms with van der Waals surface area (Å²) in [5.41, 5.74) is 1.16. The Balaban J connectivity index is 0.00000320. The number of likely N-dealkylation sites (tertiary alicyclic amines) is 1. The van der Waals surface area contributed by atoms with Gasteiger partial charge in [-0.15, -0.1) is 24.0 Å². The van der Waals surface area contributed by atoms with Crippen LogP contribution >= 0.6 is 24.0 Å². The smallest absolute Gasteiger partial charge is 0.310 e. The number of esters is 1. The van der Waals surface area contributed by atoms with Gasteiger partial charge in [0.1, 0.15) is 5.82 Å². The van der Waals surface area contributed by atoms with E-state index in [1.165, 1.54) is 0 Å². The van der Waals surface area contributed by atoms with Crippen LogP contribution in [0.25, 0.3) is 0 Å². The Hall–Kier alpha value is -1.62. The number of ether oxygens (including phenoxy) is 1. The second-order valence-corrected chi connectivity index (χ2v) is 7.71. The van der Waals surface area contributed by atoms with Crippen LogP contribution in [0.2, 0.25) is 0 Å². The molecule has 1 N–H and O–H groups in total. The van der Waals surface area contributed by atoms with Crippen LogP contribution in [0.1, 0.15) is 25.3 Å². The summed E-state index contributed by atoms with van der Waals surface area (Å²) in [5.74, 6) is 1.69. The molecule has 0 bridgehead atoms. The largest absolute Gasteiger partial charge is 0.466 e. The fourth-order valence-electron chi connectivity index (χ4n) is 4.00. The zero-order valence-electron chi connectivity index (χ0n) is 18.3. The summed E-state index contributed by atoms with van der Waals surface area (Å²) in [4.78, 5) is 28.1. The van der Waals surface area contributed by atoms with Gasteiger partial charge in [-0.05, 0) is 32.9 Å². The number of anilines is 1. The van der Waals surface area contributed by atoms with Crippen molar-refractivity contribution < 1.29 is 9.53 Å². The van der Waals surface area contributed by atoms with E-state index in [0.717, 1.165) is 62.9 Å². The average molecular weight is 530 g/mol. The number of nitrogens with zero attached hydrogens (tertiary/aromatic N) is 5. The minimum Gasteiger partial charge on any atom is -0.466 e. The second kappa shape index (κ2) is 12.3. The van der Waals surface area contributed by atoms with Crippen molar-refractivity contribution in [2.24, 2.45) is 10.9 Å². The quantitative estimate of drug-likeness (QED) is 0.270. The molecule has 1 aromatic heterocycles. The number of piperazine rings is 1. The van der Waals surface area contributed by atoms with Crippen LogP contribution in [0.5, 0.6) is 0 Å². The molecule has 0 aromatic carbocycles. The number of piperidine rings is 1. The van der Waals surface area contributed by atoms with E-state index in [-0.39, 0.29) is 35.9 Å². The SMILES string of the molecule is CCOC(=O)C1CCCN(C(=NC)NCc2cccnc2N2CCN(C)CC2)C1.I. The first kappa shape index (κ1) is 24.6. The van der Waals surface area contributed by atoms with Gasteiger partial charge in [0, 0.05) is 64.6 Å². The Morgan fingerprint density at radius 3 is 2.77 bits per heavy atom. The van der Waals surface area contributed by atoms with Gasteiger partial charge in [-0.1, -0.05) is 6.07 Å². The number of aliphatic imine (C=N–C) groups is 1. The molecule has 0 amide bonds. The summed E-state index contributed by atoms with van der Waals surface area (Å²) in [7, 11) is 3.95. The van der Waals surface area contributed by atoms with E-state index in [2.05, 4.69) is 43.1 Å². The van der Waals surface area contributed by atoms with E-state index in [4.69, 9.17) is 4.74 Å². The maximum atomic E-state index is 12.2. The van der Waals surface area contributed by atoms with Crippen molar-refractivity contribution in [1.29, 1.82) is 0 Å². The first-order valence-corrected chi connectivity index (χ1v) is 10.6. The molecule has 30 heavy (non-hydrogen) atoms. The number of aromatic nitrogens is 1. The van der Waals surface area contributed by atoms with Gasteiger partial charge in [-0.3, -0.25) is 9.79 Å². The van der Waals surface area contributed by atoms with E-state index >= 15 is 0 Å². The molecule has 2 aliphatic heterocycles. The number of guanidine groups is 1. The van der Waals surface area contributed by atoms with Gasteiger partial charge in [-0.25, -0.2) is 4.98 Å². The molecule has 0 spiro atoms. The Morgan fingerprint density at radius 2 is 2.07 bits per heavy atom. The Morgan fingerprint density at radius 1 is 1.30 bits per heavy atom. The van der Waals surface area contributed by atoms with Gasteiger partial charge in [0.25, 0.3) is 0 Å². The fraction of sp³-hybridized carbons (Fsp3) is 0.667. The van der Waals surface area contributed by atoms with Crippen molar-refractivity contribution in [3.63, 3.8) is 0 Å². The summed E-state index contributed by atoms with van der Waals surface area (Å²) >= 11 is 0. The lowest BCUT2D eigenvalue weighted by Crippen LogP contribution is -2.48. The Labute approximate surface area is 197 Å². The van der Waals surface area contributed by atoms with Crippen molar-refractivity contribution in [3.8, 4) is 0 Å². The van der Waals surface area contributed by atoms with E-state index < -0.39 is 0 Å². The van der Waals surface area contributed by atoms with Gasteiger partial charge in [0.05, 0.1) is 12.5 Å². The van der Waals surface area contributed by atoms with Crippen molar-refractivity contribution in [1.82, 2.24) is 20.1 Å². The van der Waals surface area contributed by atoms with E-state index in [9.17, 15) is 4.79 Å². The number of halogens is 1. The van der Waals surface area contributed by atoms with Crippen LogP contribution in [0.15, 0.2) is 23.3 Å². The number of rotatable bonds is 5. The lowest BCUT2D eigenvalue weighted by atomic mass is 9.98. The molecular formula is C21H35IN6O2. The summed E-state index contributed by atoms with van der Waals surface area (Å²) in [6.07, 6.45) is 3.70. The van der Waals surface area contributed by atoms with Crippen LogP contribution in [-0.4, -0.2) is 86.7 Å². The maximum absolute atomic E-state index is 12.2. The van der Waals surface area contributed by atoms with Gasteiger partial charge >= 0.3 is 5.97 Å². The monoisotopic (exact) mass is 530 g/mol. The number of hydrogen-bond acceptors (Lipinski definition) is 6. The van der Waals surface area contributed by atoms with Crippen LogP contribution < -0.4 is 10.2 Å². The molecule has 1 aromatic rings. The Kier molecular flexibility index (Phi) is 10.1. The number of carbonyl (C=O) groups excluding carboxylic acids is 1. The first-order valence-electron chi connectivity index (χ1n) is 10.6. The highest BCUT2D eigenvalue weighted by molar-refractivity contribution is 14.0. The molecule has 0 saturated carbocycles. The fourth-order valence-corrected chi connectivity index (χ4v) is 4.00. The summed E-state index contributed by atoms with van der Waals surface area (Å²) in [6, 6.07) is 4.11. The normalized spacial score (nSPS) is 20.5. The third-order valence-corrected chi connectivity index (χ3v) is 5.66. The second-order valence-electron chi connectivity index (χ2n) is 7.71. The molecule has 8 nitrogen and oxygen atoms in total. The van der Waals surface area contributed by atoms with E-state index in [0.29, 0.717) is 19.7 Å². The lowest BCUT2D eigenvalue weighted by molar-refractivity contribution is -0.149. The molecule has 0 radical (unpaired) electrons. The van der Waals surface area contributed by atoms with Gasteiger partial charge in [0.2, 0.25) is 0 Å². The Bertz CT molecular complexity index is 708. The number of likely N-dealkylation sites (N-methyl/N-ethyl adjacent to an activating group) is 1. The zero-order valence-corrected chi connectivity index (χ0v) is 20.7. The van der Waals surface area contributed by atoms with Crippen LogP contribution in [0.3, 0.4) is 0 Å². The minimum absolute atomic E-state index is 0. The highest BCUT2D eigenvalue weighted by Gasteiger charge is 2.28. The molecule has 2 aliphatic rings. The third-order valence-electron chi connectivity index (χ3n) is 5.66. The average Bonchev–Trinajstić information content (AvgIpc) is 2.75. The van der Waals surface area contributed by atoms with E-state index in [1.54, 1.807) is 7.05 Å². The van der Waals surface area contributed by atoms with Crippen molar-refractivity contribution >= 4 is 41.7 Å². The predicted octanol–water partition coefficient (Wildman–Crippen LogP) is 1.80. The standard InChI is InChI=1S/C21H34N6O2.HI/c1-4-29-20(28)18-8-6-10-27(16-18)21(22-2)24-15-17-7-5-9-23-19(17)26-13-11-25(3)12-14-26;/h5,7,9,18H,4,6,8,10-16H2,1-3H3,(H,22,24);1H. The number of carbonyl (C=O) groups is 1. The summed E-state index contributed by atoms with van der Waals surface area (Å²) in [6.45, 7) is 8.56. The molecule has 2 saturated heterocycles. The predicted molar refractivity (Wildman–Crippen MR) is 130 cm³/mol. The van der Waals surface area contributed by atoms with Gasteiger partial charge in [0.15, 0.2) is 5.96 Å². The lowest BCUT2D eigenvalue weighted by Gasteiger charge is -2.35. The molecule has 3 rings (SSSR count). The first-order chi connectivity index (χ1) is 14.1. The number of nitrogens with one attached hydrogen (secondary N) is 1. The molecule has 3 heterocycles. The van der Waals surface area contributed by atoms with Crippen LogP contribution in [0.4, 0.5) is 5.82 Å². The molecule has 1 atom stereocenters. The molecule has 168 valence electrons. The van der Waals surface area contributed by atoms with E-state index in [1.807, 2.05) is 19.2 Å².